The van der Waals surface area contributed by atoms with Gasteiger partial charge in [-0.25, -0.2) is 8.78 Å². The Balaban J connectivity index is 3.00. The topological polar surface area (TPSA) is 33.0 Å². The largest absolute Gasteiger partial charge is 0.494 e. The number of hydrogen-bond donors (Lipinski definition) is 0. The molecule has 1 rings (SSSR count). The number of ether oxygens (including phenoxy) is 1. The summed E-state index contributed by atoms with van der Waals surface area (Å²) >= 11 is 0. The average Bonchev–Trinajstić information content (AvgIpc) is 2.29. The van der Waals surface area contributed by atoms with Crippen LogP contribution in [0.2, 0.25) is 0 Å². The van der Waals surface area contributed by atoms with E-state index < -0.39 is 11.6 Å². The highest BCUT2D eigenvalue weighted by Crippen LogP contribution is 2.24. The lowest BCUT2D eigenvalue weighted by molar-refractivity contribution is 0.380. The normalized spacial score (nSPS) is 12.3. The molecule has 0 aliphatic rings. The van der Waals surface area contributed by atoms with E-state index in [4.69, 9.17) is 5.26 Å². The molecule has 0 fully saturated rings. The van der Waals surface area contributed by atoms with Crippen LogP contribution in [0.1, 0.15) is 19.4 Å². The van der Waals surface area contributed by atoms with Gasteiger partial charge in [0.1, 0.15) is 5.82 Å². The van der Waals surface area contributed by atoms with E-state index in [0.717, 1.165) is 12.1 Å². The fourth-order valence-corrected chi connectivity index (χ4v) is 1.55. The van der Waals surface area contributed by atoms with Crippen LogP contribution in [0.25, 0.3) is 0 Å². The first-order valence-electron chi connectivity index (χ1n) is 5.41. The molecule has 4 heteroatoms. The number of benzene rings is 1. The van der Waals surface area contributed by atoms with Crippen LogP contribution in [0, 0.1) is 34.8 Å². The lowest BCUT2D eigenvalue weighted by Gasteiger charge is -2.14. The summed E-state index contributed by atoms with van der Waals surface area (Å²) < 4.78 is 31.7. The molecule has 0 radical (unpaired) electrons. The Labute approximate surface area is 99.8 Å². The molecule has 0 aliphatic heterocycles. The summed E-state index contributed by atoms with van der Waals surface area (Å²) in [5.74, 6) is -1.49. The highest BCUT2D eigenvalue weighted by molar-refractivity contribution is 5.31. The molecule has 0 heterocycles. The molecule has 0 aromatic heterocycles. The summed E-state index contributed by atoms with van der Waals surface area (Å²) in [4.78, 5) is 0. The van der Waals surface area contributed by atoms with E-state index in [9.17, 15) is 8.78 Å². The maximum atomic E-state index is 13.6. The zero-order valence-corrected chi connectivity index (χ0v) is 10.1. The molecule has 0 spiro atoms. The Bertz CT molecular complexity index is 438. The van der Waals surface area contributed by atoms with Gasteiger partial charge in [-0.15, -0.1) is 0 Å². The lowest BCUT2D eigenvalue weighted by Crippen LogP contribution is -2.11. The minimum Gasteiger partial charge on any atom is -0.494 e. The van der Waals surface area contributed by atoms with Crippen LogP contribution < -0.4 is 4.74 Å². The van der Waals surface area contributed by atoms with Crippen molar-refractivity contribution in [3.05, 3.63) is 29.3 Å². The molecule has 0 bridgehead atoms. The smallest absolute Gasteiger partial charge is 0.165 e. The number of hydrogen-bond acceptors (Lipinski definition) is 2. The van der Waals surface area contributed by atoms with Gasteiger partial charge in [-0.05, 0) is 24.0 Å². The molecule has 2 nitrogen and oxygen atoms in total. The van der Waals surface area contributed by atoms with E-state index in [1.165, 1.54) is 7.11 Å². The third-order valence-electron chi connectivity index (χ3n) is 2.73. The zero-order chi connectivity index (χ0) is 13.0. The fraction of sp³-hybridized carbons (Fsp3) is 0.462. The van der Waals surface area contributed by atoms with Crippen LogP contribution >= 0.6 is 0 Å². The second-order valence-electron chi connectivity index (χ2n) is 4.26. The maximum Gasteiger partial charge on any atom is 0.165 e. The Hall–Kier alpha value is -1.63. The van der Waals surface area contributed by atoms with Gasteiger partial charge in [-0.3, -0.25) is 0 Å². The van der Waals surface area contributed by atoms with Gasteiger partial charge in [-0.1, -0.05) is 13.8 Å². The summed E-state index contributed by atoms with van der Waals surface area (Å²) in [5, 5.41) is 8.93. The van der Waals surface area contributed by atoms with Gasteiger partial charge in [0.15, 0.2) is 11.6 Å². The highest BCUT2D eigenvalue weighted by Gasteiger charge is 2.17. The van der Waals surface area contributed by atoms with Crippen LogP contribution in [0.3, 0.4) is 0 Å². The van der Waals surface area contributed by atoms with Gasteiger partial charge >= 0.3 is 0 Å². The average molecular weight is 239 g/mol. The zero-order valence-electron chi connectivity index (χ0n) is 10.1. The Kier molecular flexibility index (Phi) is 4.45. The Morgan fingerprint density at radius 1 is 1.29 bits per heavy atom. The first-order chi connectivity index (χ1) is 7.99. The second-order valence-corrected chi connectivity index (χ2v) is 4.26. The van der Waals surface area contributed by atoms with Crippen molar-refractivity contribution in [1.82, 2.24) is 0 Å². The molecule has 0 saturated carbocycles. The standard InChI is InChI=1S/C13H15F2NO/c1-8(2)10(7-16)4-9-5-12(15)13(17-3)6-11(9)14/h5-6,8,10H,4H2,1-3H3. The predicted octanol–water partition coefficient (Wildman–Crippen LogP) is 3.31. The monoisotopic (exact) mass is 239 g/mol. The maximum absolute atomic E-state index is 13.6. The third kappa shape index (κ3) is 3.16. The van der Waals surface area contributed by atoms with Crippen molar-refractivity contribution in [3.8, 4) is 11.8 Å². The van der Waals surface area contributed by atoms with E-state index in [1.807, 2.05) is 13.8 Å². The number of methoxy groups -OCH3 is 1. The summed E-state index contributed by atoms with van der Waals surface area (Å²) in [7, 11) is 1.28. The van der Waals surface area contributed by atoms with E-state index >= 15 is 0 Å². The van der Waals surface area contributed by atoms with Crippen molar-refractivity contribution < 1.29 is 13.5 Å². The summed E-state index contributed by atoms with van der Waals surface area (Å²) in [6, 6.07) is 4.22. The highest BCUT2D eigenvalue weighted by atomic mass is 19.1. The molecule has 0 aliphatic carbocycles. The van der Waals surface area contributed by atoms with Gasteiger partial charge in [0.2, 0.25) is 0 Å². The fourth-order valence-electron chi connectivity index (χ4n) is 1.55. The number of halogens is 2. The minimum atomic E-state index is -0.607. The molecule has 0 N–H and O–H groups in total. The molecule has 0 saturated heterocycles. The van der Waals surface area contributed by atoms with Gasteiger partial charge in [-0.2, -0.15) is 5.26 Å². The van der Waals surface area contributed by atoms with Crippen molar-refractivity contribution in [2.24, 2.45) is 11.8 Å². The molecular weight excluding hydrogens is 224 g/mol. The molecule has 0 amide bonds. The van der Waals surface area contributed by atoms with Crippen LogP contribution in [-0.2, 0) is 6.42 Å². The van der Waals surface area contributed by atoms with E-state index in [-0.39, 0.29) is 29.6 Å². The summed E-state index contributed by atoms with van der Waals surface area (Å²) in [6.45, 7) is 3.76. The Morgan fingerprint density at radius 3 is 2.41 bits per heavy atom. The van der Waals surface area contributed by atoms with Gasteiger partial charge in [0.25, 0.3) is 0 Å². The molecular formula is C13H15F2NO. The van der Waals surface area contributed by atoms with Gasteiger partial charge in [0.05, 0.1) is 19.1 Å². The van der Waals surface area contributed by atoms with Crippen LogP contribution in [0.4, 0.5) is 8.78 Å². The number of rotatable bonds is 4. The Morgan fingerprint density at radius 2 is 1.94 bits per heavy atom. The molecule has 92 valence electrons. The molecule has 1 unspecified atom stereocenters. The number of nitriles is 1. The van der Waals surface area contributed by atoms with E-state index in [2.05, 4.69) is 10.8 Å². The van der Waals surface area contributed by atoms with Gasteiger partial charge in [0, 0.05) is 6.07 Å². The van der Waals surface area contributed by atoms with Crippen LogP contribution in [0.15, 0.2) is 12.1 Å². The summed E-state index contributed by atoms with van der Waals surface area (Å²) in [6.07, 6.45) is 0.209. The third-order valence-corrected chi connectivity index (χ3v) is 2.73. The first kappa shape index (κ1) is 13.4. The SMILES string of the molecule is COc1cc(F)c(CC(C#N)C(C)C)cc1F. The van der Waals surface area contributed by atoms with E-state index in [1.54, 1.807) is 0 Å². The van der Waals surface area contributed by atoms with E-state index in [0.29, 0.717) is 0 Å². The minimum absolute atomic E-state index is 0.101. The molecule has 1 aromatic carbocycles. The van der Waals surface area contributed by atoms with Crippen molar-refractivity contribution >= 4 is 0 Å². The molecule has 1 aromatic rings. The number of nitrogens with zero attached hydrogens (tertiary/aromatic N) is 1. The van der Waals surface area contributed by atoms with Crippen LogP contribution in [0.5, 0.6) is 5.75 Å². The predicted molar refractivity (Wildman–Crippen MR) is 60.6 cm³/mol. The molecule has 17 heavy (non-hydrogen) atoms. The van der Waals surface area contributed by atoms with Crippen molar-refractivity contribution in [1.29, 1.82) is 5.26 Å². The van der Waals surface area contributed by atoms with Gasteiger partial charge < -0.3 is 4.74 Å². The molecule has 1 atom stereocenters. The van der Waals surface area contributed by atoms with Crippen molar-refractivity contribution in [2.45, 2.75) is 20.3 Å². The van der Waals surface area contributed by atoms with Crippen molar-refractivity contribution in [3.63, 3.8) is 0 Å². The van der Waals surface area contributed by atoms with Crippen molar-refractivity contribution in [2.75, 3.05) is 7.11 Å². The van der Waals surface area contributed by atoms with Crippen LogP contribution in [-0.4, -0.2) is 7.11 Å². The first-order valence-corrected chi connectivity index (χ1v) is 5.41. The lowest BCUT2D eigenvalue weighted by atomic mass is 9.90. The quantitative estimate of drug-likeness (QED) is 0.807. The summed E-state index contributed by atoms with van der Waals surface area (Å²) in [5.41, 5.74) is 0.212. The second kappa shape index (κ2) is 5.62.